The summed E-state index contributed by atoms with van der Waals surface area (Å²) >= 11 is 6.03. The number of carbonyl (C=O) groups is 1. The lowest BCUT2D eigenvalue weighted by molar-refractivity contribution is 0.00925. The van der Waals surface area contributed by atoms with Crippen molar-refractivity contribution in [3.05, 3.63) is 41.3 Å². The SMILES string of the molecule is N#Cc1cnc(N2CC3(CN(C(=O)N4CCOc5cc(Cl)ccc54)C3)C2)cn1. The Morgan fingerprint density at radius 2 is 2.04 bits per heavy atom. The van der Waals surface area contributed by atoms with Gasteiger partial charge in [-0.3, -0.25) is 4.90 Å². The van der Waals surface area contributed by atoms with E-state index in [0.717, 1.165) is 37.7 Å². The minimum atomic E-state index is 0.00844. The van der Waals surface area contributed by atoms with Gasteiger partial charge in [-0.05, 0) is 12.1 Å². The van der Waals surface area contributed by atoms with Crippen LogP contribution in [0.3, 0.4) is 0 Å². The van der Waals surface area contributed by atoms with Gasteiger partial charge in [0, 0.05) is 42.7 Å². The van der Waals surface area contributed by atoms with Crippen molar-refractivity contribution in [2.75, 3.05) is 49.1 Å². The molecular weight excluding hydrogens is 380 g/mol. The maximum atomic E-state index is 13.0. The molecule has 0 saturated carbocycles. The van der Waals surface area contributed by atoms with Gasteiger partial charge in [-0.25, -0.2) is 14.8 Å². The Kier molecular flexibility index (Phi) is 3.81. The monoisotopic (exact) mass is 396 g/mol. The van der Waals surface area contributed by atoms with Crippen LogP contribution in [0.4, 0.5) is 16.3 Å². The molecule has 0 atom stereocenters. The molecule has 3 aliphatic heterocycles. The van der Waals surface area contributed by atoms with E-state index in [9.17, 15) is 4.79 Å². The summed E-state index contributed by atoms with van der Waals surface area (Å²) in [4.78, 5) is 27.1. The fourth-order valence-corrected chi connectivity index (χ4v) is 4.29. The number of likely N-dealkylation sites (tertiary alicyclic amines) is 1. The number of ether oxygens (including phenoxy) is 1. The molecule has 0 radical (unpaired) electrons. The maximum Gasteiger partial charge on any atom is 0.324 e. The molecule has 2 amide bonds. The second-order valence-corrected chi connectivity index (χ2v) is 7.91. The predicted molar refractivity (Wildman–Crippen MR) is 103 cm³/mol. The van der Waals surface area contributed by atoms with Gasteiger partial charge in [0.1, 0.15) is 24.2 Å². The highest BCUT2D eigenvalue weighted by Gasteiger charge is 2.54. The van der Waals surface area contributed by atoms with Crippen molar-refractivity contribution in [2.24, 2.45) is 5.41 Å². The van der Waals surface area contributed by atoms with Gasteiger partial charge in [0.2, 0.25) is 0 Å². The summed E-state index contributed by atoms with van der Waals surface area (Å²) < 4.78 is 5.63. The number of urea groups is 1. The van der Waals surface area contributed by atoms with Crippen molar-refractivity contribution in [2.45, 2.75) is 0 Å². The van der Waals surface area contributed by atoms with Gasteiger partial charge in [-0.2, -0.15) is 5.26 Å². The molecule has 1 aromatic carbocycles. The zero-order chi connectivity index (χ0) is 19.3. The first-order valence-electron chi connectivity index (χ1n) is 9.03. The number of hydrogen-bond acceptors (Lipinski definition) is 6. The molecule has 2 saturated heterocycles. The lowest BCUT2D eigenvalue weighted by Crippen LogP contribution is -2.74. The summed E-state index contributed by atoms with van der Waals surface area (Å²) in [7, 11) is 0. The van der Waals surface area contributed by atoms with Crippen LogP contribution >= 0.6 is 11.6 Å². The molecular formula is C19H17ClN6O2. The van der Waals surface area contributed by atoms with Gasteiger partial charge < -0.3 is 14.5 Å². The molecule has 3 aliphatic rings. The first-order valence-corrected chi connectivity index (χ1v) is 9.41. The number of hydrogen-bond donors (Lipinski definition) is 0. The molecule has 2 aromatic rings. The Balaban J connectivity index is 1.21. The Morgan fingerprint density at radius 3 is 2.75 bits per heavy atom. The highest BCUT2D eigenvalue weighted by atomic mass is 35.5. The van der Waals surface area contributed by atoms with Crippen LogP contribution in [0.15, 0.2) is 30.6 Å². The van der Waals surface area contributed by atoms with Crippen LogP contribution in [0.1, 0.15) is 5.69 Å². The quantitative estimate of drug-likeness (QED) is 0.734. The Hall–Kier alpha value is -3.05. The number of rotatable bonds is 1. The minimum Gasteiger partial charge on any atom is -0.489 e. The third-order valence-corrected chi connectivity index (χ3v) is 5.70. The van der Waals surface area contributed by atoms with E-state index in [-0.39, 0.29) is 11.4 Å². The molecule has 142 valence electrons. The van der Waals surface area contributed by atoms with Crippen LogP contribution in [0, 0.1) is 16.7 Å². The first-order chi connectivity index (χ1) is 13.6. The number of amides is 2. The van der Waals surface area contributed by atoms with Crippen molar-refractivity contribution in [1.29, 1.82) is 5.26 Å². The third-order valence-electron chi connectivity index (χ3n) is 5.47. The van der Waals surface area contributed by atoms with E-state index in [4.69, 9.17) is 21.6 Å². The second kappa shape index (κ2) is 6.24. The number of carbonyl (C=O) groups excluding carboxylic acids is 1. The number of benzene rings is 1. The van der Waals surface area contributed by atoms with Crippen LogP contribution < -0.4 is 14.5 Å². The largest absolute Gasteiger partial charge is 0.489 e. The molecule has 0 N–H and O–H groups in total. The topological polar surface area (TPSA) is 85.6 Å². The Morgan fingerprint density at radius 1 is 1.21 bits per heavy atom. The minimum absolute atomic E-state index is 0.00844. The molecule has 0 aliphatic carbocycles. The molecule has 28 heavy (non-hydrogen) atoms. The molecule has 4 heterocycles. The smallest absolute Gasteiger partial charge is 0.324 e. The zero-order valence-electron chi connectivity index (χ0n) is 15.0. The average molecular weight is 397 g/mol. The Bertz CT molecular complexity index is 975. The predicted octanol–water partition coefficient (Wildman–Crippen LogP) is 2.14. The average Bonchev–Trinajstić information content (AvgIpc) is 2.65. The van der Waals surface area contributed by atoms with Crippen LogP contribution in [0.5, 0.6) is 5.75 Å². The number of nitrogens with zero attached hydrogens (tertiary/aromatic N) is 6. The number of halogens is 1. The summed E-state index contributed by atoms with van der Waals surface area (Å²) in [6, 6.07) is 7.33. The van der Waals surface area contributed by atoms with Crippen LogP contribution in [0.2, 0.25) is 5.02 Å². The molecule has 9 heteroatoms. The number of fused-ring (bicyclic) bond motifs is 1. The van der Waals surface area contributed by atoms with Crippen molar-refractivity contribution in [3.63, 3.8) is 0 Å². The molecule has 8 nitrogen and oxygen atoms in total. The van der Waals surface area contributed by atoms with E-state index >= 15 is 0 Å². The van der Waals surface area contributed by atoms with Crippen LogP contribution in [-0.4, -0.2) is 60.2 Å². The molecule has 1 aromatic heterocycles. The van der Waals surface area contributed by atoms with Crippen LogP contribution in [-0.2, 0) is 0 Å². The molecule has 1 spiro atoms. The number of anilines is 2. The van der Waals surface area contributed by atoms with Crippen molar-refractivity contribution >= 4 is 29.1 Å². The Labute approximate surface area is 166 Å². The highest BCUT2D eigenvalue weighted by molar-refractivity contribution is 6.30. The summed E-state index contributed by atoms with van der Waals surface area (Å²) in [5, 5.41) is 9.40. The van der Waals surface area contributed by atoms with Crippen LogP contribution in [0.25, 0.3) is 0 Å². The van der Waals surface area contributed by atoms with Gasteiger partial charge in [0.25, 0.3) is 0 Å². The summed E-state index contributed by atoms with van der Waals surface area (Å²) in [5.41, 5.74) is 1.21. The van der Waals surface area contributed by atoms with Gasteiger partial charge >= 0.3 is 6.03 Å². The fourth-order valence-electron chi connectivity index (χ4n) is 4.13. The van der Waals surface area contributed by atoms with Gasteiger partial charge in [-0.1, -0.05) is 11.6 Å². The van der Waals surface area contributed by atoms with E-state index in [0.29, 0.717) is 29.6 Å². The van der Waals surface area contributed by atoms with E-state index in [1.54, 1.807) is 23.2 Å². The summed E-state index contributed by atoms with van der Waals surface area (Å²) in [6.07, 6.45) is 3.11. The third kappa shape index (κ3) is 2.70. The first kappa shape index (κ1) is 17.1. The lowest BCUT2D eigenvalue weighted by Gasteiger charge is -2.60. The van der Waals surface area contributed by atoms with E-state index in [1.807, 2.05) is 17.0 Å². The van der Waals surface area contributed by atoms with E-state index in [1.165, 1.54) is 6.20 Å². The molecule has 5 rings (SSSR count). The van der Waals surface area contributed by atoms with Crippen molar-refractivity contribution in [1.82, 2.24) is 14.9 Å². The lowest BCUT2D eigenvalue weighted by atomic mass is 9.73. The number of nitriles is 1. The zero-order valence-corrected chi connectivity index (χ0v) is 15.8. The summed E-state index contributed by atoms with van der Waals surface area (Å²) in [5.74, 6) is 1.42. The van der Waals surface area contributed by atoms with Gasteiger partial charge in [-0.15, -0.1) is 0 Å². The molecule has 0 bridgehead atoms. The van der Waals surface area contributed by atoms with Gasteiger partial charge in [0.15, 0.2) is 5.69 Å². The van der Waals surface area contributed by atoms with E-state index in [2.05, 4.69) is 14.9 Å². The maximum absolute atomic E-state index is 13.0. The van der Waals surface area contributed by atoms with E-state index < -0.39 is 0 Å². The fraction of sp³-hybridized carbons (Fsp3) is 0.368. The van der Waals surface area contributed by atoms with Crippen molar-refractivity contribution in [3.8, 4) is 11.8 Å². The normalized spacial score (nSPS) is 19.2. The van der Waals surface area contributed by atoms with Gasteiger partial charge in [0.05, 0.1) is 24.6 Å². The molecule has 2 fully saturated rings. The standard InChI is InChI=1S/C19H17ClN6O2/c20-13-1-2-15-16(5-13)28-4-3-26(15)18(27)25-11-19(12-25)9-24(10-19)17-8-22-14(6-21)7-23-17/h1-2,5,7-8H,3-4,9-12H2. The second-order valence-electron chi connectivity index (χ2n) is 7.48. The summed E-state index contributed by atoms with van der Waals surface area (Å²) in [6.45, 7) is 4.13. The molecule has 0 unspecified atom stereocenters. The number of aromatic nitrogens is 2. The highest BCUT2D eigenvalue weighted by Crippen LogP contribution is 2.43. The van der Waals surface area contributed by atoms with Crippen molar-refractivity contribution < 1.29 is 9.53 Å².